The van der Waals surface area contributed by atoms with Gasteiger partial charge in [0.2, 0.25) is 5.91 Å². The molecule has 1 aliphatic heterocycles. The first-order valence-corrected chi connectivity index (χ1v) is 7.79. The number of thioether (sulfide) groups is 1. The van der Waals surface area contributed by atoms with Crippen molar-refractivity contribution in [1.29, 1.82) is 0 Å². The number of rotatable bonds is 3. The molecule has 1 amide bonds. The molecule has 0 saturated carbocycles. The average Bonchev–Trinajstić information content (AvgIpc) is 2.97. The lowest BCUT2D eigenvalue weighted by Crippen LogP contribution is -2.39. The van der Waals surface area contributed by atoms with E-state index in [1.165, 1.54) is 0 Å². The minimum absolute atomic E-state index is 0.120. The lowest BCUT2D eigenvalue weighted by Gasteiger charge is -2.26. The van der Waals surface area contributed by atoms with E-state index in [4.69, 9.17) is 0 Å². The number of carbonyl (C=O) groups excluding carboxylic acids is 1. The summed E-state index contributed by atoms with van der Waals surface area (Å²) in [4.78, 5) is 14.0. The summed E-state index contributed by atoms with van der Waals surface area (Å²) >= 11 is 1.90. The van der Waals surface area contributed by atoms with Gasteiger partial charge in [-0.05, 0) is 0 Å². The van der Waals surface area contributed by atoms with Gasteiger partial charge in [0.1, 0.15) is 12.2 Å². The predicted molar refractivity (Wildman–Crippen MR) is 79.4 cm³/mol. The maximum absolute atomic E-state index is 12.1. The van der Waals surface area contributed by atoms with Crippen molar-refractivity contribution in [3.05, 3.63) is 36.5 Å². The Morgan fingerprint density at radius 1 is 1.20 bits per heavy atom. The third-order valence-corrected chi connectivity index (χ3v) is 4.21. The van der Waals surface area contributed by atoms with Crippen molar-refractivity contribution in [2.75, 3.05) is 24.6 Å². The van der Waals surface area contributed by atoms with Crippen LogP contribution in [0.1, 0.15) is 0 Å². The van der Waals surface area contributed by atoms with E-state index >= 15 is 0 Å². The molecule has 20 heavy (non-hydrogen) atoms. The molecule has 0 atom stereocenters. The number of amides is 1. The van der Waals surface area contributed by atoms with Crippen LogP contribution in [0.5, 0.6) is 0 Å². The maximum atomic E-state index is 12.1. The maximum Gasteiger partial charge on any atom is 0.244 e. The Morgan fingerprint density at radius 2 is 1.95 bits per heavy atom. The average molecular weight is 288 g/mol. The van der Waals surface area contributed by atoms with E-state index in [1.807, 2.05) is 53.2 Å². The summed E-state index contributed by atoms with van der Waals surface area (Å²) in [7, 11) is 0. The molecular formula is C14H16N4OS. The fraction of sp³-hybridized carbons (Fsp3) is 0.357. The van der Waals surface area contributed by atoms with Crippen LogP contribution in [0.25, 0.3) is 11.3 Å². The van der Waals surface area contributed by atoms with E-state index in [0.717, 1.165) is 35.9 Å². The molecule has 2 heterocycles. The van der Waals surface area contributed by atoms with E-state index in [2.05, 4.69) is 10.3 Å². The van der Waals surface area contributed by atoms with Gasteiger partial charge >= 0.3 is 0 Å². The highest BCUT2D eigenvalue weighted by molar-refractivity contribution is 7.99. The molecule has 3 rings (SSSR count). The zero-order chi connectivity index (χ0) is 13.8. The van der Waals surface area contributed by atoms with Crippen LogP contribution in [0.2, 0.25) is 0 Å². The summed E-state index contributed by atoms with van der Waals surface area (Å²) in [6.07, 6.45) is 1.83. The zero-order valence-corrected chi connectivity index (χ0v) is 11.9. The van der Waals surface area contributed by atoms with Gasteiger partial charge in [-0.3, -0.25) is 4.79 Å². The summed E-state index contributed by atoms with van der Waals surface area (Å²) in [5.74, 6) is 2.17. The van der Waals surface area contributed by atoms with E-state index in [9.17, 15) is 4.79 Å². The molecule has 1 saturated heterocycles. The summed E-state index contributed by atoms with van der Waals surface area (Å²) in [6, 6.07) is 9.86. The Hall–Kier alpha value is -1.82. The van der Waals surface area contributed by atoms with Crippen LogP contribution in [0, 0.1) is 0 Å². The van der Waals surface area contributed by atoms with Crippen molar-refractivity contribution < 1.29 is 4.79 Å². The first-order valence-electron chi connectivity index (χ1n) is 6.64. The monoisotopic (exact) mass is 288 g/mol. The molecule has 1 fully saturated rings. The van der Waals surface area contributed by atoms with Gasteiger partial charge in [-0.15, -0.1) is 5.10 Å². The fourth-order valence-electron chi connectivity index (χ4n) is 2.17. The highest BCUT2D eigenvalue weighted by Gasteiger charge is 2.17. The number of carbonyl (C=O) groups is 1. The minimum atomic E-state index is 0.120. The quantitative estimate of drug-likeness (QED) is 0.859. The standard InChI is InChI=1S/C14H16N4OS/c19-14(17-6-8-20-9-7-17)11-18-10-13(15-16-18)12-4-2-1-3-5-12/h1-5,10H,6-9,11H2. The van der Waals surface area contributed by atoms with Crippen LogP contribution >= 0.6 is 11.8 Å². The lowest BCUT2D eigenvalue weighted by atomic mass is 10.2. The van der Waals surface area contributed by atoms with Crippen molar-refractivity contribution in [3.8, 4) is 11.3 Å². The van der Waals surface area contributed by atoms with E-state index < -0.39 is 0 Å². The third-order valence-electron chi connectivity index (χ3n) is 3.27. The first-order chi connectivity index (χ1) is 9.83. The number of hydrogen-bond acceptors (Lipinski definition) is 4. The molecule has 0 aliphatic carbocycles. The molecule has 6 heteroatoms. The Kier molecular flexibility index (Phi) is 4.01. The lowest BCUT2D eigenvalue weighted by molar-refractivity contribution is -0.131. The van der Waals surface area contributed by atoms with Crippen LogP contribution in [0.3, 0.4) is 0 Å². The Morgan fingerprint density at radius 3 is 2.70 bits per heavy atom. The van der Waals surface area contributed by atoms with Crippen LogP contribution in [-0.2, 0) is 11.3 Å². The second kappa shape index (κ2) is 6.09. The topological polar surface area (TPSA) is 51.0 Å². The van der Waals surface area contributed by atoms with Crippen molar-refractivity contribution in [3.63, 3.8) is 0 Å². The molecule has 104 valence electrons. The fourth-order valence-corrected chi connectivity index (χ4v) is 3.07. The van der Waals surface area contributed by atoms with Gasteiger partial charge in [0, 0.05) is 30.2 Å². The molecule has 2 aromatic rings. The van der Waals surface area contributed by atoms with Crippen LogP contribution in [0.15, 0.2) is 36.5 Å². The largest absolute Gasteiger partial charge is 0.339 e. The molecule has 0 bridgehead atoms. The summed E-state index contributed by atoms with van der Waals surface area (Å²) < 4.78 is 1.62. The molecule has 0 spiro atoms. The molecule has 0 N–H and O–H groups in total. The summed E-state index contributed by atoms with van der Waals surface area (Å²) in [6.45, 7) is 1.94. The normalized spacial score (nSPS) is 15.3. The first kappa shape index (κ1) is 13.2. The highest BCUT2D eigenvalue weighted by Crippen LogP contribution is 2.15. The smallest absolute Gasteiger partial charge is 0.244 e. The summed E-state index contributed by atoms with van der Waals surface area (Å²) in [5, 5.41) is 8.16. The predicted octanol–water partition coefficient (Wildman–Crippen LogP) is 1.52. The number of benzene rings is 1. The second-order valence-electron chi connectivity index (χ2n) is 4.66. The van der Waals surface area contributed by atoms with E-state index in [1.54, 1.807) is 4.68 Å². The van der Waals surface area contributed by atoms with Crippen molar-refractivity contribution in [2.45, 2.75) is 6.54 Å². The third kappa shape index (κ3) is 3.01. The molecule has 0 radical (unpaired) electrons. The number of aromatic nitrogens is 3. The highest BCUT2D eigenvalue weighted by atomic mass is 32.2. The minimum Gasteiger partial charge on any atom is -0.339 e. The molecule has 1 aromatic heterocycles. The number of hydrogen-bond donors (Lipinski definition) is 0. The van der Waals surface area contributed by atoms with Crippen LogP contribution < -0.4 is 0 Å². The van der Waals surface area contributed by atoms with Gasteiger partial charge in [0.25, 0.3) is 0 Å². The molecule has 1 aromatic carbocycles. The Balaban J connectivity index is 1.66. The van der Waals surface area contributed by atoms with Gasteiger partial charge in [0.05, 0.1) is 6.20 Å². The molecule has 1 aliphatic rings. The van der Waals surface area contributed by atoms with Gasteiger partial charge in [0.15, 0.2) is 0 Å². The molecule has 5 nitrogen and oxygen atoms in total. The zero-order valence-electron chi connectivity index (χ0n) is 11.1. The Bertz CT molecular complexity index is 578. The number of nitrogens with zero attached hydrogens (tertiary/aromatic N) is 4. The second-order valence-corrected chi connectivity index (χ2v) is 5.89. The van der Waals surface area contributed by atoms with Crippen LogP contribution in [0.4, 0.5) is 0 Å². The van der Waals surface area contributed by atoms with Crippen molar-refractivity contribution >= 4 is 17.7 Å². The van der Waals surface area contributed by atoms with Crippen molar-refractivity contribution in [2.24, 2.45) is 0 Å². The van der Waals surface area contributed by atoms with E-state index in [-0.39, 0.29) is 12.5 Å². The van der Waals surface area contributed by atoms with Crippen LogP contribution in [-0.4, -0.2) is 50.4 Å². The van der Waals surface area contributed by atoms with Crippen molar-refractivity contribution in [1.82, 2.24) is 19.9 Å². The summed E-state index contributed by atoms with van der Waals surface area (Å²) in [5.41, 5.74) is 1.81. The van der Waals surface area contributed by atoms with Gasteiger partial charge < -0.3 is 4.90 Å². The van der Waals surface area contributed by atoms with Gasteiger partial charge in [-0.25, -0.2) is 4.68 Å². The molecular weight excluding hydrogens is 272 g/mol. The molecule has 0 unspecified atom stereocenters. The van der Waals surface area contributed by atoms with Gasteiger partial charge in [-0.1, -0.05) is 35.5 Å². The Labute approximate surface area is 122 Å². The van der Waals surface area contributed by atoms with E-state index in [0.29, 0.717) is 0 Å². The van der Waals surface area contributed by atoms with Gasteiger partial charge in [-0.2, -0.15) is 11.8 Å². The SMILES string of the molecule is O=C(Cn1cc(-c2ccccc2)nn1)N1CCSCC1.